The quantitative estimate of drug-likeness (QED) is 0.320. The monoisotopic (exact) mass is 261 g/mol. The highest BCUT2D eigenvalue weighted by Crippen LogP contribution is 2.10. The van der Waals surface area contributed by atoms with Crippen LogP contribution in [0.1, 0.15) is 0 Å². The van der Waals surface area contributed by atoms with Gasteiger partial charge in [-0.3, -0.25) is 4.84 Å². The molecule has 0 aliphatic heterocycles. The van der Waals surface area contributed by atoms with Crippen molar-refractivity contribution in [1.29, 1.82) is 0 Å². The van der Waals surface area contributed by atoms with Crippen LogP contribution in [0.15, 0.2) is 0 Å². The third kappa shape index (κ3) is 6.36. The van der Waals surface area contributed by atoms with Crippen molar-refractivity contribution in [2.24, 2.45) is 0 Å². The minimum Gasteiger partial charge on any atom is -0.311 e. The molecule has 0 bridgehead atoms. The van der Waals surface area contributed by atoms with E-state index >= 15 is 0 Å². The molecule has 0 heterocycles. The molecule has 12 nitrogen and oxygen atoms in total. The van der Waals surface area contributed by atoms with Crippen LogP contribution in [0.25, 0.3) is 0 Å². The largest absolute Gasteiger partial charge is 0.311 e. The lowest BCUT2D eigenvalue weighted by atomic mass is 10.4. The van der Waals surface area contributed by atoms with Gasteiger partial charge in [-0.05, 0) is 0 Å². The second-order valence-electron chi connectivity index (χ2n) is 2.07. The van der Waals surface area contributed by atoms with E-state index in [9.17, 15) is 30.3 Å². The van der Waals surface area contributed by atoms with Crippen LogP contribution in [0.4, 0.5) is 0 Å². The Kier molecular flexibility index (Phi) is 5.55. The summed E-state index contributed by atoms with van der Waals surface area (Å²) in [5.74, 6) is 0. The van der Waals surface area contributed by atoms with E-state index in [0.717, 1.165) is 0 Å². The minimum absolute atomic E-state index is 0.990. The van der Waals surface area contributed by atoms with E-state index in [1.807, 2.05) is 0 Å². The average Bonchev–Trinajstić information content (AvgIpc) is 2.09. The molecule has 0 aromatic carbocycles. The first kappa shape index (κ1) is 13.9. The van der Waals surface area contributed by atoms with Gasteiger partial charge in [0.1, 0.15) is 6.61 Å². The van der Waals surface area contributed by atoms with Crippen LogP contribution in [0.5, 0.6) is 0 Å². The van der Waals surface area contributed by atoms with E-state index < -0.39 is 33.5 Å². The van der Waals surface area contributed by atoms with Crippen molar-refractivity contribution in [2.75, 3.05) is 6.61 Å². The molecule has 16 heavy (non-hydrogen) atoms. The molecule has 0 amide bonds. The van der Waals surface area contributed by atoms with Gasteiger partial charge in [0.15, 0.2) is 6.10 Å². The van der Waals surface area contributed by atoms with Gasteiger partial charge in [0.05, 0.1) is 0 Å². The van der Waals surface area contributed by atoms with Crippen LogP contribution in [0.3, 0.4) is 0 Å². The standard InChI is InChI=1S/C3H4ClN3O9/c4-3(16-7(12)13)2(15-6(10)11)1-14-5(8)9/h2-3H,1H2. The van der Waals surface area contributed by atoms with Crippen LogP contribution in [-0.4, -0.2) is 33.5 Å². The molecule has 0 rings (SSSR count). The molecule has 0 aliphatic carbocycles. The summed E-state index contributed by atoms with van der Waals surface area (Å²) in [5, 5.41) is 25.6. The predicted octanol–water partition coefficient (Wildman–Crippen LogP) is -0.455. The van der Waals surface area contributed by atoms with Crippen LogP contribution in [-0.2, 0) is 14.5 Å². The molecule has 0 spiro atoms. The van der Waals surface area contributed by atoms with E-state index in [2.05, 4.69) is 14.5 Å². The number of hydrogen-bond acceptors (Lipinski definition) is 9. The third-order valence-electron chi connectivity index (χ3n) is 1.04. The molecule has 0 fully saturated rings. The lowest BCUT2D eigenvalue weighted by Gasteiger charge is -2.16. The minimum atomic E-state index is -1.92. The van der Waals surface area contributed by atoms with Gasteiger partial charge in [0.2, 0.25) is 5.56 Å². The van der Waals surface area contributed by atoms with Crippen LogP contribution in [0, 0.1) is 30.3 Å². The van der Waals surface area contributed by atoms with Crippen molar-refractivity contribution in [2.45, 2.75) is 11.7 Å². The van der Waals surface area contributed by atoms with E-state index in [-0.39, 0.29) is 0 Å². The molecule has 0 aromatic heterocycles. The van der Waals surface area contributed by atoms with Crippen molar-refractivity contribution < 1.29 is 29.8 Å². The van der Waals surface area contributed by atoms with Gasteiger partial charge in [-0.2, -0.15) is 0 Å². The fraction of sp³-hybridized carbons (Fsp3) is 1.00. The zero-order valence-electron chi connectivity index (χ0n) is 7.26. The maximum atomic E-state index is 9.92. The third-order valence-corrected chi connectivity index (χ3v) is 1.41. The molecular formula is C3H4ClN3O9. The Morgan fingerprint density at radius 1 is 1.00 bits per heavy atom. The van der Waals surface area contributed by atoms with Crippen molar-refractivity contribution in [3.8, 4) is 0 Å². The van der Waals surface area contributed by atoms with Gasteiger partial charge in [0.25, 0.3) is 15.3 Å². The zero-order chi connectivity index (χ0) is 12.7. The lowest BCUT2D eigenvalue weighted by molar-refractivity contribution is -0.806. The molecule has 0 aliphatic rings. The summed E-state index contributed by atoms with van der Waals surface area (Å²) in [6.45, 7) is -0.990. The molecule has 0 aromatic rings. The van der Waals surface area contributed by atoms with Crippen LogP contribution in [0.2, 0.25) is 0 Å². The smallest absolute Gasteiger partial charge is 0.296 e. The fourth-order valence-electron chi connectivity index (χ4n) is 0.549. The van der Waals surface area contributed by atoms with E-state index in [4.69, 9.17) is 11.6 Å². The maximum Gasteiger partial charge on any atom is 0.296 e. The van der Waals surface area contributed by atoms with Gasteiger partial charge in [0, 0.05) is 0 Å². The Balaban J connectivity index is 4.33. The summed E-state index contributed by atoms with van der Waals surface area (Å²) in [7, 11) is 0. The fourth-order valence-corrected chi connectivity index (χ4v) is 0.733. The highest BCUT2D eigenvalue weighted by molar-refractivity contribution is 6.20. The Labute approximate surface area is 90.9 Å². The Morgan fingerprint density at radius 3 is 1.88 bits per heavy atom. The summed E-state index contributed by atoms with van der Waals surface area (Å²) in [5.41, 5.74) is -1.92. The van der Waals surface area contributed by atoms with E-state index in [0.29, 0.717) is 0 Å². The Bertz CT molecular complexity index is 283. The molecule has 0 radical (unpaired) electrons. The summed E-state index contributed by atoms with van der Waals surface area (Å²) >= 11 is 5.17. The van der Waals surface area contributed by atoms with Crippen LogP contribution < -0.4 is 0 Å². The molecule has 0 N–H and O–H groups in total. The molecular weight excluding hydrogens is 257 g/mol. The highest BCUT2D eigenvalue weighted by atomic mass is 35.5. The lowest BCUT2D eigenvalue weighted by Crippen LogP contribution is -2.35. The predicted molar refractivity (Wildman–Crippen MR) is 42.5 cm³/mol. The van der Waals surface area contributed by atoms with Crippen molar-refractivity contribution >= 4 is 11.6 Å². The first-order valence-electron chi connectivity index (χ1n) is 3.36. The summed E-state index contributed by atoms with van der Waals surface area (Å²) in [6.07, 6.45) is -1.81. The average molecular weight is 262 g/mol. The first-order valence-corrected chi connectivity index (χ1v) is 3.80. The highest BCUT2D eigenvalue weighted by Gasteiger charge is 2.28. The van der Waals surface area contributed by atoms with Gasteiger partial charge in [-0.15, -0.1) is 30.3 Å². The zero-order valence-corrected chi connectivity index (χ0v) is 8.01. The second-order valence-corrected chi connectivity index (χ2v) is 2.50. The van der Waals surface area contributed by atoms with E-state index in [1.54, 1.807) is 0 Å². The van der Waals surface area contributed by atoms with Crippen molar-refractivity contribution in [1.82, 2.24) is 0 Å². The molecule has 92 valence electrons. The van der Waals surface area contributed by atoms with Gasteiger partial charge in [-0.25, -0.2) is 0 Å². The number of halogens is 1. The second kappa shape index (κ2) is 6.39. The number of alkyl halides is 1. The SMILES string of the molecule is O=[N+]([O-])OCC(O[N+](=O)[O-])C(Cl)O[N+](=O)[O-]. The molecule has 13 heteroatoms. The van der Waals surface area contributed by atoms with E-state index in [1.165, 1.54) is 0 Å². The maximum absolute atomic E-state index is 9.92. The number of hydrogen-bond donors (Lipinski definition) is 0. The molecule has 2 atom stereocenters. The van der Waals surface area contributed by atoms with Gasteiger partial charge >= 0.3 is 0 Å². The Hall–Kier alpha value is -2.11. The summed E-state index contributed by atoms with van der Waals surface area (Å²) < 4.78 is 0. The summed E-state index contributed by atoms with van der Waals surface area (Å²) in [4.78, 5) is 40.7. The van der Waals surface area contributed by atoms with Gasteiger partial charge < -0.3 is 9.68 Å². The molecule has 0 saturated heterocycles. The summed E-state index contributed by atoms with van der Waals surface area (Å²) in [6, 6.07) is 0. The van der Waals surface area contributed by atoms with Gasteiger partial charge in [-0.1, -0.05) is 11.6 Å². The molecule has 0 saturated carbocycles. The van der Waals surface area contributed by atoms with Crippen molar-refractivity contribution in [3.05, 3.63) is 30.3 Å². The molecule has 2 unspecified atom stereocenters. The van der Waals surface area contributed by atoms with Crippen molar-refractivity contribution in [3.63, 3.8) is 0 Å². The van der Waals surface area contributed by atoms with Crippen LogP contribution >= 0.6 is 11.6 Å². The Morgan fingerprint density at radius 2 is 1.50 bits per heavy atom. The number of rotatable bonds is 8. The topological polar surface area (TPSA) is 157 Å². The first-order chi connectivity index (χ1) is 7.32. The normalized spacial score (nSPS) is 13.3. The number of nitrogens with zero attached hydrogens (tertiary/aromatic N) is 3.